The molecule has 0 spiro atoms. The van der Waals surface area contributed by atoms with E-state index in [-0.39, 0.29) is 28.2 Å². The SMILES string of the molecule is Cl.NC(=O)c1csc(S(=O)(=O)N2C[C@@H]3CCN[C@@H]3C2)c1. The molecule has 20 heavy (non-hydrogen) atoms. The Labute approximate surface area is 127 Å². The summed E-state index contributed by atoms with van der Waals surface area (Å²) in [6, 6.07) is 1.63. The van der Waals surface area contributed by atoms with Gasteiger partial charge in [-0.1, -0.05) is 0 Å². The molecule has 0 unspecified atom stereocenters. The fraction of sp³-hybridized carbons (Fsp3) is 0.545. The summed E-state index contributed by atoms with van der Waals surface area (Å²) in [5, 5.41) is 4.81. The average Bonchev–Trinajstić information content (AvgIpc) is 3.04. The van der Waals surface area contributed by atoms with E-state index in [2.05, 4.69) is 5.32 Å². The maximum absolute atomic E-state index is 12.5. The first-order valence-electron chi connectivity index (χ1n) is 6.10. The van der Waals surface area contributed by atoms with Crippen molar-refractivity contribution in [1.29, 1.82) is 0 Å². The predicted octanol–water partition coefficient (Wildman–Crippen LogP) is 0.251. The smallest absolute Gasteiger partial charge is 0.252 e. The van der Waals surface area contributed by atoms with Gasteiger partial charge in [0, 0.05) is 24.5 Å². The number of fused-ring (bicyclic) bond motifs is 1. The molecule has 112 valence electrons. The van der Waals surface area contributed by atoms with Gasteiger partial charge in [0.15, 0.2) is 0 Å². The highest BCUT2D eigenvalue weighted by molar-refractivity contribution is 7.91. The van der Waals surface area contributed by atoms with Crippen LogP contribution in [0.3, 0.4) is 0 Å². The van der Waals surface area contributed by atoms with Crippen LogP contribution in [0.5, 0.6) is 0 Å². The number of nitrogens with two attached hydrogens (primary N) is 1. The van der Waals surface area contributed by atoms with E-state index in [9.17, 15) is 13.2 Å². The fourth-order valence-electron chi connectivity index (χ4n) is 2.71. The lowest BCUT2D eigenvalue weighted by molar-refractivity contribution is 0.100. The molecule has 0 saturated carbocycles. The Kier molecular flexibility index (Phi) is 4.41. The van der Waals surface area contributed by atoms with Gasteiger partial charge in [-0.25, -0.2) is 8.42 Å². The number of nitrogens with zero attached hydrogens (tertiary/aromatic N) is 1. The van der Waals surface area contributed by atoms with Gasteiger partial charge < -0.3 is 11.1 Å². The third kappa shape index (κ3) is 2.58. The van der Waals surface area contributed by atoms with Crippen LogP contribution in [0.25, 0.3) is 0 Å². The Morgan fingerprint density at radius 3 is 2.80 bits per heavy atom. The third-order valence-corrected chi connectivity index (χ3v) is 7.03. The maximum atomic E-state index is 12.5. The standard InChI is InChI=1S/C11H15N3O3S2.ClH/c12-11(15)8-3-10(18-6-8)19(16,17)14-4-7-1-2-13-9(7)5-14;/h3,6-7,9,13H,1-2,4-5H2,(H2,12,15);1H/t7-,9+;/m0./s1. The van der Waals surface area contributed by atoms with E-state index in [1.54, 1.807) is 0 Å². The lowest BCUT2D eigenvalue weighted by Gasteiger charge is -2.15. The zero-order valence-electron chi connectivity index (χ0n) is 10.6. The van der Waals surface area contributed by atoms with Crippen LogP contribution >= 0.6 is 23.7 Å². The Morgan fingerprint density at radius 1 is 1.45 bits per heavy atom. The third-order valence-electron chi connectivity index (χ3n) is 3.78. The van der Waals surface area contributed by atoms with Crippen LogP contribution in [-0.4, -0.2) is 44.3 Å². The molecule has 2 aliphatic heterocycles. The molecule has 1 amide bonds. The van der Waals surface area contributed by atoms with Gasteiger partial charge in [-0.2, -0.15) is 4.31 Å². The quantitative estimate of drug-likeness (QED) is 0.827. The monoisotopic (exact) mass is 337 g/mol. The van der Waals surface area contributed by atoms with Crippen molar-refractivity contribution >= 4 is 39.7 Å². The first-order chi connectivity index (χ1) is 8.98. The van der Waals surface area contributed by atoms with E-state index < -0.39 is 15.9 Å². The van der Waals surface area contributed by atoms with Crippen molar-refractivity contribution in [3.63, 3.8) is 0 Å². The van der Waals surface area contributed by atoms with Gasteiger partial charge in [0.2, 0.25) is 5.91 Å². The van der Waals surface area contributed by atoms with E-state index in [0.717, 1.165) is 24.3 Å². The van der Waals surface area contributed by atoms with Crippen LogP contribution in [0.1, 0.15) is 16.8 Å². The molecule has 0 aromatic carbocycles. The van der Waals surface area contributed by atoms with Gasteiger partial charge >= 0.3 is 0 Å². The number of carbonyl (C=O) groups is 1. The molecule has 0 bridgehead atoms. The van der Waals surface area contributed by atoms with Gasteiger partial charge in [0.25, 0.3) is 10.0 Å². The first kappa shape index (κ1) is 15.7. The highest BCUT2D eigenvalue weighted by atomic mass is 35.5. The van der Waals surface area contributed by atoms with Crippen molar-refractivity contribution < 1.29 is 13.2 Å². The van der Waals surface area contributed by atoms with Gasteiger partial charge in [-0.05, 0) is 24.9 Å². The van der Waals surface area contributed by atoms with Crippen LogP contribution in [0.4, 0.5) is 0 Å². The van der Waals surface area contributed by atoms with Crippen molar-refractivity contribution in [2.75, 3.05) is 19.6 Å². The minimum atomic E-state index is -3.49. The number of rotatable bonds is 3. The number of nitrogens with one attached hydrogen (secondary N) is 1. The van der Waals surface area contributed by atoms with Crippen molar-refractivity contribution in [2.45, 2.75) is 16.7 Å². The van der Waals surface area contributed by atoms with Gasteiger partial charge in [-0.3, -0.25) is 4.79 Å². The Hall–Kier alpha value is -0.670. The summed E-state index contributed by atoms with van der Waals surface area (Å²) in [5.41, 5.74) is 5.40. The molecule has 1 aromatic heterocycles. The van der Waals surface area contributed by atoms with Crippen molar-refractivity contribution in [3.8, 4) is 0 Å². The highest BCUT2D eigenvalue weighted by Gasteiger charge is 2.41. The molecule has 9 heteroatoms. The number of amides is 1. The van der Waals surface area contributed by atoms with Crippen LogP contribution in [0, 0.1) is 5.92 Å². The number of primary amides is 1. The number of hydrogen-bond acceptors (Lipinski definition) is 5. The van der Waals surface area contributed by atoms with Crippen molar-refractivity contribution in [1.82, 2.24) is 9.62 Å². The molecule has 3 N–H and O–H groups in total. The summed E-state index contributed by atoms with van der Waals surface area (Å²) < 4.78 is 26.6. The molecule has 3 rings (SSSR count). The molecule has 0 aliphatic carbocycles. The molecule has 2 fully saturated rings. The predicted molar refractivity (Wildman–Crippen MR) is 78.7 cm³/mol. The number of hydrogen-bond donors (Lipinski definition) is 2. The van der Waals surface area contributed by atoms with Gasteiger partial charge in [0.1, 0.15) is 4.21 Å². The Morgan fingerprint density at radius 2 is 2.20 bits per heavy atom. The van der Waals surface area contributed by atoms with Crippen LogP contribution in [-0.2, 0) is 10.0 Å². The largest absolute Gasteiger partial charge is 0.366 e. The zero-order valence-corrected chi connectivity index (χ0v) is 13.1. The topological polar surface area (TPSA) is 92.5 Å². The number of carbonyl (C=O) groups excluding carboxylic acids is 1. The second-order valence-electron chi connectivity index (χ2n) is 4.95. The summed E-state index contributed by atoms with van der Waals surface area (Å²) in [6.45, 7) is 2.04. The maximum Gasteiger partial charge on any atom is 0.252 e. The highest BCUT2D eigenvalue weighted by Crippen LogP contribution is 2.31. The van der Waals surface area contributed by atoms with E-state index in [0.29, 0.717) is 19.0 Å². The van der Waals surface area contributed by atoms with E-state index in [4.69, 9.17) is 5.73 Å². The number of halogens is 1. The van der Waals surface area contributed by atoms with E-state index in [1.165, 1.54) is 15.8 Å². The van der Waals surface area contributed by atoms with Crippen LogP contribution < -0.4 is 11.1 Å². The molecule has 1 aromatic rings. The van der Waals surface area contributed by atoms with Crippen LogP contribution in [0.15, 0.2) is 15.7 Å². The molecule has 2 aliphatic rings. The molecule has 0 radical (unpaired) electrons. The van der Waals surface area contributed by atoms with Gasteiger partial charge in [-0.15, -0.1) is 23.7 Å². The summed E-state index contributed by atoms with van der Waals surface area (Å²) in [6.07, 6.45) is 1.02. The molecular formula is C11H16ClN3O3S2. The van der Waals surface area contributed by atoms with E-state index in [1.807, 2.05) is 0 Å². The van der Waals surface area contributed by atoms with Gasteiger partial charge in [0.05, 0.1) is 5.56 Å². The summed E-state index contributed by atoms with van der Waals surface area (Å²) in [4.78, 5) is 11.0. The lowest BCUT2D eigenvalue weighted by Crippen LogP contribution is -2.33. The molecule has 2 atom stereocenters. The average molecular weight is 338 g/mol. The van der Waals surface area contributed by atoms with Crippen molar-refractivity contribution in [2.24, 2.45) is 11.7 Å². The first-order valence-corrected chi connectivity index (χ1v) is 8.42. The molecular weight excluding hydrogens is 322 g/mol. The lowest BCUT2D eigenvalue weighted by atomic mass is 10.1. The van der Waals surface area contributed by atoms with E-state index >= 15 is 0 Å². The fourth-order valence-corrected chi connectivity index (χ4v) is 5.56. The molecule has 3 heterocycles. The van der Waals surface area contributed by atoms with Crippen LogP contribution in [0.2, 0.25) is 0 Å². The van der Waals surface area contributed by atoms with Crippen molar-refractivity contribution in [3.05, 3.63) is 17.0 Å². The summed E-state index contributed by atoms with van der Waals surface area (Å²) in [7, 11) is -3.49. The minimum Gasteiger partial charge on any atom is -0.366 e. The normalized spacial score (nSPS) is 26.2. The Balaban J connectivity index is 0.00000147. The molecule has 2 saturated heterocycles. The Bertz CT molecular complexity index is 604. The minimum absolute atomic E-state index is 0. The zero-order chi connectivity index (χ0) is 13.6. The molecule has 6 nitrogen and oxygen atoms in total. The number of thiophene rings is 1. The second-order valence-corrected chi connectivity index (χ2v) is 8.03. The second kappa shape index (κ2) is 5.61. The summed E-state index contributed by atoms with van der Waals surface area (Å²) in [5.74, 6) is -0.192. The number of sulfonamides is 1. The summed E-state index contributed by atoms with van der Waals surface area (Å²) >= 11 is 1.05.